The molecule has 0 saturated heterocycles. The summed E-state index contributed by atoms with van der Waals surface area (Å²) < 4.78 is 0. The molecule has 0 aliphatic heterocycles. The third-order valence-electron chi connectivity index (χ3n) is 6.10. The summed E-state index contributed by atoms with van der Waals surface area (Å²) in [6, 6.07) is 19.9. The van der Waals surface area contributed by atoms with Crippen molar-refractivity contribution < 1.29 is 4.79 Å². The standard InChI is InChI=1S/C28H31N3O/c1-21-19-23(12-14-25-10-4-5-17-29-25)13-15-27(21)31-26-11-6-9-24(20-26)28(32)30-18-16-22-7-2-3-8-22/h4-6,9-15,17,19-20,22,31H,2-3,7-8,16,18H2,1H3,(H,30,32). The molecule has 1 aliphatic rings. The number of aromatic nitrogens is 1. The second-order valence-corrected chi connectivity index (χ2v) is 8.56. The van der Waals surface area contributed by atoms with E-state index in [0.717, 1.165) is 47.1 Å². The van der Waals surface area contributed by atoms with E-state index in [-0.39, 0.29) is 5.91 Å². The second kappa shape index (κ2) is 10.8. The van der Waals surface area contributed by atoms with Crippen LogP contribution in [0, 0.1) is 12.8 Å². The number of hydrogen-bond acceptors (Lipinski definition) is 3. The minimum absolute atomic E-state index is 0.00150. The third kappa shape index (κ3) is 6.07. The van der Waals surface area contributed by atoms with E-state index in [1.54, 1.807) is 6.20 Å². The summed E-state index contributed by atoms with van der Waals surface area (Å²) >= 11 is 0. The van der Waals surface area contributed by atoms with Gasteiger partial charge in [0.05, 0.1) is 5.69 Å². The molecule has 0 spiro atoms. The molecule has 1 amide bonds. The molecule has 4 rings (SSSR count). The molecule has 2 aromatic carbocycles. The molecule has 1 saturated carbocycles. The lowest BCUT2D eigenvalue weighted by molar-refractivity contribution is 0.0951. The normalized spacial score (nSPS) is 14.0. The molecule has 0 radical (unpaired) electrons. The second-order valence-electron chi connectivity index (χ2n) is 8.56. The quantitative estimate of drug-likeness (QED) is 0.427. The van der Waals surface area contributed by atoms with E-state index < -0.39 is 0 Å². The molecule has 1 heterocycles. The summed E-state index contributed by atoms with van der Waals surface area (Å²) in [6.07, 6.45) is 12.3. The molecule has 32 heavy (non-hydrogen) atoms. The van der Waals surface area contributed by atoms with Gasteiger partial charge >= 0.3 is 0 Å². The number of aryl methyl sites for hydroxylation is 1. The van der Waals surface area contributed by atoms with E-state index in [0.29, 0.717) is 5.56 Å². The molecular formula is C28H31N3O. The molecule has 164 valence electrons. The van der Waals surface area contributed by atoms with Gasteiger partial charge in [-0.25, -0.2) is 0 Å². The van der Waals surface area contributed by atoms with Crippen LogP contribution in [0.25, 0.3) is 12.2 Å². The lowest BCUT2D eigenvalue weighted by Gasteiger charge is -2.13. The molecule has 0 atom stereocenters. The van der Waals surface area contributed by atoms with Gasteiger partial charge < -0.3 is 10.6 Å². The number of pyridine rings is 1. The third-order valence-corrected chi connectivity index (χ3v) is 6.10. The highest BCUT2D eigenvalue weighted by Crippen LogP contribution is 2.27. The number of amides is 1. The highest BCUT2D eigenvalue weighted by atomic mass is 16.1. The molecule has 4 heteroatoms. The number of nitrogens with one attached hydrogen (secondary N) is 2. The largest absolute Gasteiger partial charge is 0.355 e. The number of hydrogen-bond donors (Lipinski definition) is 2. The lowest BCUT2D eigenvalue weighted by Crippen LogP contribution is -2.25. The molecule has 1 aliphatic carbocycles. The Labute approximate surface area is 190 Å². The van der Waals surface area contributed by atoms with Crippen molar-refractivity contribution >= 4 is 29.4 Å². The summed E-state index contributed by atoms with van der Waals surface area (Å²) in [4.78, 5) is 16.9. The van der Waals surface area contributed by atoms with Crippen molar-refractivity contribution in [1.82, 2.24) is 10.3 Å². The monoisotopic (exact) mass is 425 g/mol. The Hall–Kier alpha value is -3.40. The predicted octanol–water partition coefficient (Wildman–Crippen LogP) is 6.61. The van der Waals surface area contributed by atoms with Gasteiger partial charge in [0.2, 0.25) is 0 Å². The molecule has 2 N–H and O–H groups in total. The van der Waals surface area contributed by atoms with Gasteiger partial charge in [0, 0.05) is 29.7 Å². The predicted molar refractivity (Wildman–Crippen MR) is 133 cm³/mol. The van der Waals surface area contributed by atoms with Crippen LogP contribution in [0.4, 0.5) is 11.4 Å². The van der Waals surface area contributed by atoms with Gasteiger partial charge in [0.15, 0.2) is 0 Å². The Morgan fingerprint density at radius 3 is 2.69 bits per heavy atom. The number of carbonyl (C=O) groups is 1. The van der Waals surface area contributed by atoms with Gasteiger partial charge in [0.25, 0.3) is 5.91 Å². The Bertz CT molecular complexity index is 1070. The Morgan fingerprint density at radius 1 is 1.03 bits per heavy atom. The molecule has 0 bridgehead atoms. The fraction of sp³-hybridized carbons (Fsp3) is 0.286. The van der Waals surface area contributed by atoms with Gasteiger partial charge in [-0.15, -0.1) is 0 Å². The first kappa shape index (κ1) is 21.8. The van der Waals surface area contributed by atoms with E-state index in [4.69, 9.17) is 0 Å². The minimum Gasteiger partial charge on any atom is -0.355 e. The number of nitrogens with zero attached hydrogens (tertiary/aromatic N) is 1. The number of carbonyl (C=O) groups excluding carboxylic acids is 1. The van der Waals surface area contributed by atoms with Crippen LogP contribution in [0.5, 0.6) is 0 Å². The van der Waals surface area contributed by atoms with Crippen molar-refractivity contribution in [2.45, 2.75) is 39.0 Å². The average molecular weight is 426 g/mol. The van der Waals surface area contributed by atoms with Crippen LogP contribution < -0.4 is 10.6 Å². The van der Waals surface area contributed by atoms with Crippen molar-refractivity contribution in [3.63, 3.8) is 0 Å². The van der Waals surface area contributed by atoms with Crippen LogP contribution in [-0.4, -0.2) is 17.4 Å². The summed E-state index contributed by atoms with van der Waals surface area (Å²) in [7, 11) is 0. The average Bonchev–Trinajstić information content (AvgIpc) is 3.34. The topological polar surface area (TPSA) is 54.0 Å². The summed E-state index contributed by atoms with van der Waals surface area (Å²) in [5, 5.41) is 6.54. The Morgan fingerprint density at radius 2 is 1.91 bits per heavy atom. The lowest BCUT2D eigenvalue weighted by atomic mass is 10.0. The van der Waals surface area contributed by atoms with Gasteiger partial charge in [0.1, 0.15) is 0 Å². The Balaban J connectivity index is 1.36. The van der Waals surface area contributed by atoms with Crippen LogP contribution >= 0.6 is 0 Å². The molecular weight excluding hydrogens is 394 g/mol. The fourth-order valence-corrected chi connectivity index (χ4v) is 4.27. The first-order valence-electron chi connectivity index (χ1n) is 11.5. The van der Waals surface area contributed by atoms with E-state index in [1.165, 1.54) is 25.7 Å². The van der Waals surface area contributed by atoms with E-state index in [9.17, 15) is 4.79 Å². The smallest absolute Gasteiger partial charge is 0.251 e. The first-order chi connectivity index (χ1) is 15.7. The maximum atomic E-state index is 12.6. The highest BCUT2D eigenvalue weighted by Gasteiger charge is 2.15. The summed E-state index contributed by atoms with van der Waals surface area (Å²) in [5.41, 5.74) is 5.82. The van der Waals surface area contributed by atoms with Gasteiger partial charge in [-0.3, -0.25) is 9.78 Å². The van der Waals surface area contributed by atoms with Crippen molar-refractivity contribution in [2.75, 3.05) is 11.9 Å². The van der Waals surface area contributed by atoms with E-state index in [2.05, 4.69) is 46.8 Å². The highest BCUT2D eigenvalue weighted by molar-refractivity contribution is 5.95. The van der Waals surface area contributed by atoms with Crippen molar-refractivity contribution in [2.24, 2.45) is 5.92 Å². The van der Waals surface area contributed by atoms with E-state index >= 15 is 0 Å². The maximum Gasteiger partial charge on any atom is 0.251 e. The van der Waals surface area contributed by atoms with Crippen LogP contribution in [0.2, 0.25) is 0 Å². The summed E-state index contributed by atoms with van der Waals surface area (Å²) in [6.45, 7) is 2.84. The Kier molecular flexibility index (Phi) is 7.34. The minimum atomic E-state index is -0.00150. The first-order valence-corrected chi connectivity index (χ1v) is 11.5. The van der Waals surface area contributed by atoms with Gasteiger partial charge in [-0.05, 0) is 78.9 Å². The summed E-state index contributed by atoms with van der Waals surface area (Å²) in [5.74, 6) is 0.784. The number of rotatable bonds is 8. The van der Waals surface area contributed by atoms with Gasteiger partial charge in [-0.1, -0.05) is 50.0 Å². The maximum absolute atomic E-state index is 12.6. The van der Waals surface area contributed by atoms with Crippen molar-refractivity contribution in [3.05, 3.63) is 89.2 Å². The molecule has 1 fully saturated rings. The van der Waals surface area contributed by atoms with Crippen LogP contribution in [-0.2, 0) is 0 Å². The molecule has 3 aromatic rings. The zero-order chi connectivity index (χ0) is 22.2. The molecule has 4 nitrogen and oxygen atoms in total. The van der Waals surface area contributed by atoms with Gasteiger partial charge in [-0.2, -0.15) is 0 Å². The fourth-order valence-electron chi connectivity index (χ4n) is 4.27. The van der Waals surface area contributed by atoms with Crippen LogP contribution in [0.1, 0.15) is 59.3 Å². The van der Waals surface area contributed by atoms with E-state index in [1.807, 2.05) is 48.5 Å². The number of benzene rings is 2. The number of anilines is 2. The van der Waals surface area contributed by atoms with Crippen LogP contribution in [0.15, 0.2) is 66.9 Å². The van der Waals surface area contributed by atoms with Crippen molar-refractivity contribution in [1.29, 1.82) is 0 Å². The zero-order valence-electron chi connectivity index (χ0n) is 18.7. The molecule has 1 aromatic heterocycles. The molecule has 0 unspecified atom stereocenters. The zero-order valence-corrected chi connectivity index (χ0v) is 18.7. The SMILES string of the molecule is Cc1cc(C=Cc2ccccn2)ccc1Nc1cccc(C(=O)NCCC2CCCC2)c1. The van der Waals surface area contributed by atoms with Crippen LogP contribution in [0.3, 0.4) is 0 Å². The van der Waals surface area contributed by atoms with Crippen molar-refractivity contribution in [3.8, 4) is 0 Å².